The Kier molecular flexibility index (Phi) is 3.18. The average Bonchev–Trinajstić information content (AvgIpc) is 2.67. The molecule has 0 bridgehead atoms. The van der Waals surface area contributed by atoms with Crippen LogP contribution in [0.3, 0.4) is 0 Å². The van der Waals surface area contributed by atoms with E-state index in [9.17, 15) is 0 Å². The Morgan fingerprint density at radius 3 is 2.41 bits per heavy atom. The van der Waals surface area contributed by atoms with Crippen LogP contribution in [0, 0.1) is 0 Å². The molecule has 2 rings (SSSR count). The molecule has 1 aromatic heterocycles. The molecule has 0 aliphatic carbocycles. The number of nitrogens with zero attached hydrogens (tertiary/aromatic N) is 2. The van der Waals surface area contributed by atoms with Crippen molar-refractivity contribution in [1.82, 2.24) is 4.57 Å². The fraction of sp³-hybridized carbons (Fsp3) is 0.250. The number of anilines is 2. The first kappa shape index (κ1) is 11.3. The van der Waals surface area contributed by atoms with E-state index in [1.807, 2.05) is 59.9 Å². The molecule has 1 heterocycles. The van der Waals surface area contributed by atoms with Crippen molar-refractivity contribution in [1.29, 1.82) is 0 Å². The number of imidazole rings is 1. The van der Waals surface area contributed by atoms with Crippen molar-refractivity contribution < 1.29 is 9.30 Å². The first-order chi connectivity index (χ1) is 8.20. The molecule has 0 radical (unpaired) electrons. The molecule has 0 fully saturated rings. The molecule has 0 spiro atoms. The summed E-state index contributed by atoms with van der Waals surface area (Å²) >= 11 is 0. The number of hydrazine groups is 1. The van der Waals surface area contributed by atoms with Gasteiger partial charge >= 0.3 is 5.95 Å². The van der Waals surface area contributed by atoms with E-state index < -0.39 is 0 Å². The van der Waals surface area contributed by atoms with Crippen LogP contribution in [0.4, 0.5) is 11.6 Å². The highest BCUT2D eigenvalue weighted by atomic mass is 16.5. The number of benzene rings is 1. The van der Waals surface area contributed by atoms with Gasteiger partial charge in [-0.15, -0.1) is 0 Å². The maximum absolute atomic E-state index is 5.10. The number of rotatable bonds is 4. The Bertz CT molecular complexity index is 470. The maximum atomic E-state index is 5.10. The lowest BCUT2D eigenvalue weighted by Gasteiger charge is -2.06. The summed E-state index contributed by atoms with van der Waals surface area (Å²) in [6, 6.07) is 7.73. The third kappa shape index (κ3) is 2.50. The molecule has 0 saturated heterocycles. The standard InChI is InChI=1S/C12H16N4O/c1-15-8-9-16(2)12(15)14-13-10-4-6-11(17-3)7-5-10/h4-9,13H,1-3H3/p+1. The molecule has 0 atom stereocenters. The molecule has 17 heavy (non-hydrogen) atoms. The van der Waals surface area contributed by atoms with E-state index in [0.29, 0.717) is 0 Å². The van der Waals surface area contributed by atoms with E-state index in [0.717, 1.165) is 17.4 Å². The minimum Gasteiger partial charge on any atom is -0.497 e. The molecule has 1 aromatic carbocycles. The smallest absolute Gasteiger partial charge is 0.378 e. The second-order valence-corrected chi connectivity index (χ2v) is 3.82. The third-order valence-electron chi connectivity index (χ3n) is 2.59. The van der Waals surface area contributed by atoms with Crippen LogP contribution >= 0.6 is 0 Å². The summed E-state index contributed by atoms with van der Waals surface area (Å²) in [4.78, 5) is 0. The van der Waals surface area contributed by atoms with Crippen LogP contribution in [0.2, 0.25) is 0 Å². The lowest BCUT2D eigenvalue weighted by Crippen LogP contribution is -2.32. The summed E-state index contributed by atoms with van der Waals surface area (Å²) in [5, 5.41) is 0. The van der Waals surface area contributed by atoms with E-state index in [4.69, 9.17) is 4.74 Å². The Morgan fingerprint density at radius 1 is 1.18 bits per heavy atom. The SMILES string of the molecule is COc1ccc(NNc2n(C)cc[n+]2C)cc1. The Morgan fingerprint density at radius 2 is 1.88 bits per heavy atom. The van der Waals surface area contributed by atoms with Gasteiger partial charge in [0.15, 0.2) is 0 Å². The fourth-order valence-corrected chi connectivity index (χ4v) is 1.57. The zero-order valence-electron chi connectivity index (χ0n) is 10.3. The molecule has 5 heteroatoms. The van der Waals surface area contributed by atoms with Crippen LogP contribution in [0.15, 0.2) is 36.7 Å². The lowest BCUT2D eigenvalue weighted by molar-refractivity contribution is -0.656. The molecule has 0 amide bonds. The Balaban J connectivity index is 2.02. The van der Waals surface area contributed by atoms with Gasteiger partial charge in [0.2, 0.25) is 0 Å². The second kappa shape index (κ2) is 4.78. The van der Waals surface area contributed by atoms with E-state index in [1.54, 1.807) is 7.11 Å². The quantitative estimate of drug-likeness (QED) is 0.618. The predicted octanol–water partition coefficient (Wildman–Crippen LogP) is 1.30. The highest BCUT2D eigenvalue weighted by Gasteiger charge is 2.09. The van der Waals surface area contributed by atoms with Gasteiger partial charge < -0.3 is 4.74 Å². The number of methoxy groups -OCH3 is 1. The number of aromatic nitrogens is 2. The van der Waals surface area contributed by atoms with Crippen molar-refractivity contribution >= 4 is 11.6 Å². The second-order valence-electron chi connectivity index (χ2n) is 3.82. The van der Waals surface area contributed by atoms with Crippen molar-refractivity contribution in [3.8, 4) is 5.75 Å². The minimum atomic E-state index is 0.847. The predicted molar refractivity (Wildman–Crippen MR) is 66.8 cm³/mol. The van der Waals surface area contributed by atoms with Crippen LogP contribution < -0.4 is 20.2 Å². The van der Waals surface area contributed by atoms with Crippen molar-refractivity contribution in [3.63, 3.8) is 0 Å². The van der Waals surface area contributed by atoms with Gasteiger partial charge in [-0.3, -0.25) is 5.43 Å². The average molecular weight is 233 g/mol. The van der Waals surface area contributed by atoms with Crippen LogP contribution in [-0.2, 0) is 14.1 Å². The highest BCUT2D eigenvalue weighted by molar-refractivity contribution is 5.49. The number of hydrogen-bond donors (Lipinski definition) is 2. The summed E-state index contributed by atoms with van der Waals surface area (Å²) in [6.45, 7) is 0. The van der Waals surface area contributed by atoms with Gasteiger partial charge in [-0.1, -0.05) is 0 Å². The molecular weight excluding hydrogens is 216 g/mol. The largest absolute Gasteiger partial charge is 0.497 e. The van der Waals surface area contributed by atoms with Gasteiger partial charge in [0.05, 0.1) is 39.3 Å². The molecule has 0 aliphatic rings. The lowest BCUT2D eigenvalue weighted by atomic mass is 10.3. The van der Waals surface area contributed by atoms with E-state index in [-0.39, 0.29) is 0 Å². The molecular formula is C12H17N4O+. The van der Waals surface area contributed by atoms with Gasteiger partial charge in [-0.05, 0) is 24.3 Å². The monoisotopic (exact) mass is 233 g/mol. The Labute approximate surface area is 101 Å². The van der Waals surface area contributed by atoms with Gasteiger partial charge in [-0.25, -0.2) is 9.13 Å². The van der Waals surface area contributed by atoms with Crippen molar-refractivity contribution in [2.45, 2.75) is 0 Å². The molecule has 0 saturated carbocycles. The topological polar surface area (TPSA) is 42.1 Å². The van der Waals surface area contributed by atoms with E-state index in [2.05, 4.69) is 10.9 Å². The number of nitrogens with one attached hydrogen (secondary N) is 2. The maximum Gasteiger partial charge on any atom is 0.378 e. The molecule has 2 aromatic rings. The first-order valence-electron chi connectivity index (χ1n) is 5.38. The molecule has 5 nitrogen and oxygen atoms in total. The van der Waals surface area contributed by atoms with Gasteiger partial charge in [-0.2, -0.15) is 5.43 Å². The molecule has 0 aliphatic heterocycles. The van der Waals surface area contributed by atoms with Crippen LogP contribution in [0.5, 0.6) is 5.75 Å². The van der Waals surface area contributed by atoms with E-state index >= 15 is 0 Å². The molecule has 90 valence electrons. The fourth-order valence-electron chi connectivity index (χ4n) is 1.57. The van der Waals surface area contributed by atoms with E-state index in [1.165, 1.54) is 0 Å². The molecule has 0 unspecified atom stereocenters. The zero-order chi connectivity index (χ0) is 12.3. The minimum absolute atomic E-state index is 0.847. The summed E-state index contributed by atoms with van der Waals surface area (Å²) in [5.74, 6) is 1.82. The molecule has 2 N–H and O–H groups in total. The van der Waals surface area contributed by atoms with Gasteiger partial charge in [0.1, 0.15) is 5.75 Å². The number of hydrogen-bond acceptors (Lipinski definition) is 3. The summed E-state index contributed by atoms with van der Waals surface area (Å²) < 4.78 is 9.09. The summed E-state index contributed by atoms with van der Waals surface area (Å²) in [6.07, 6.45) is 3.97. The number of ether oxygens (including phenoxy) is 1. The van der Waals surface area contributed by atoms with Gasteiger partial charge in [0, 0.05) is 0 Å². The highest BCUT2D eigenvalue weighted by Crippen LogP contribution is 2.14. The van der Waals surface area contributed by atoms with Crippen LogP contribution in [0.25, 0.3) is 0 Å². The zero-order valence-corrected chi connectivity index (χ0v) is 10.3. The summed E-state index contributed by atoms with van der Waals surface area (Å²) in [7, 11) is 5.63. The van der Waals surface area contributed by atoms with Crippen LogP contribution in [0.1, 0.15) is 0 Å². The van der Waals surface area contributed by atoms with Crippen LogP contribution in [-0.4, -0.2) is 11.7 Å². The Hall–Kier alpha value is -2.17. The number of aryl methyl sites for hydroxylation is 2. The first-order valence-corrected chi connectivity index (χ1v) is 5.38. The van der Waals surface area contributed by atoms with Crippen molar-refractivity contribution in [2.75, 3.05) is 18.0 Å². The summed E-state index contributed by atoms with van der Waals surface area (Å²) in [5.41, 5.74) is 7.26. The normalized spacial score (nSPS) is 10.1. The van der Waals surface area contributed by atoms with Gasteiger partial charge in [0.25, 0.3) is 0 Å². The third-order valence-corrected chi connectivity index (χ3v) is 2.59. The van der Waals surface area contributed by atoms with Crippen molar-refractivity contribution in [2.24, 2.45) is 14.1 Å². The van der Waals surface area contributed by atoms with Crippen molar-refractivity contribution in [3.05, 3.63) is 36.7 Å².